The highest BCUT2D eigenvalue weighted by Gasteiger charge is 2.15. The van der Waals surface area contributed by atoms with E-state index in [2.05, 4.69) is 6.92 Å². The number of carbonyl (C=O) groups is 1. The SMILES string of the molecule is CCCCCCCCCCCCCCCCCCOCCOCCOCCOCCOCCOCCOCC(=O)OC(C)(C)C. The van der Waals surface area contributed by atoms with Gasteiger partial charge in [-0.1, -0.05) is 103 Å². The van der Waals surface area contributed by atoms with Gasteiger partial charge in [-0.15, -0.1) is 0 Å². The molecule has 45 heavy (non-hydrogen) atoms. The normalized spacial score (nSPS) is 11.8. The standard InChI is InChI=1S/C36H72O9/c1-5-6-7-8-9-10-11-12-13-14-15-16-17-18-19-20-21-38-22-23-39-24-25-40-26-27-41-28-29-42-30-31-43-32-33-44-34-35(37)45-36(2,3)4/h5-34H2,1-4H3. The highest BCUT2D eigenvalue weighted by molar-refractivity contribution is 5.71. The highest BCUT2D eigenvalue weighted by Crippen LogP contribution is 2.13. The van der Waals surface area contributed by atoms with Gasteiger partial charge in [-0.3, -0.25) is 0 Å². The zero-order valence-electron chi connectivity index (χ0n) is 29.9. The Hall–Kier alpha value is -0.810. The van der Waals surface area contributed by atoms with Crippen molar-refractivity contribution in [3.63, 3.8) is 0 Å². The van der Waals surface area contributed by atoms with Crippen LogP contribution in [0.2, 0.25) is 0 Å². The molecule has 0 aliphatic heterocycles. The van der Waals surface area contributed by atoms with Crippen LogP contribution in [0.1, 0.15) is 130 Å². The second-order valence-electron chi connectivity index (χ2n) is 12.6. The van der Waals surface area contributed by atoms with Gasteiger partial charge in [-0.25, -0.2) is 4.79 Å². The molecule has 270 valence electrons. The second-order valence-corrected chi connectivity index (χ2v) is 12.6. The minimum Gasteiger partial charge on any atom is -0.458 e. The lowest BCUT2D eigenvalue weighted by Crippen LogP contribution is -2.27. The molecule has 0 rings (SSSR count). The monoisotopic (exact) mass is 649 g/mol. The molecule has 0 aliphatic rings. The summed E-state index contributed by atoms with van der Waals surface area (Å²) in [7, 11) is 0. The molecular weight excluding hydrogens is 576 g/mol. The zero-order chi connectivity index (χ0) is 32.9. The number of rotatable bonds is 37. The Morgan fingerprint density at radius 3 is 0.956 bits per heavy atom. The number of ether oxygens (including phenoxy) is 8. The van der Waals surface area contributed by atoms with Gasteiger partial charge in [0.15, 0.2) is 0 Å². The third kappa shape index (κ3) is 41.2. The van der Waals surface area contributed by atoms with E-state index in [4.69, 9.17) is 37.9 Å². The van der Waals surface area contributed by atoms with Crippen molar-refractivity contribution < 1.29 is 42.7 Å². The third-order valence-electron chi connectivity index (χ3n) is 7.01. The summed E-state index contributed by atoms with van der Waals surface area (Å²) >= 11 is 0. The maximum absolute atomic E-state index is 11.5. The lowest BCUT2D eigenvalue weighted by molar-refractivity contribution is -0.160. The quantitative estimate of drug-likeness (QED) is 0.0496. The molecule has 0 aliphatic carbocycles. The molecule has 9 nitrogen and oxygen atoms in total. The summed E-state index contributed by atoms with van der Waals surface area (Å²) in [5.74, 6) is -0.374. The largest absolute Gasteiger partial charge is 0.458 e. The average Bonchev–Trinajstić information content (AvgIpc) is 3.00. The lowest BCUT2D eigenvalue weighted by atomic mass is 10.0. The second kappa shape index (κ2) is 36.0. The van der Waals surface area contributed by atoms with Crippen LogP contribution in [-0.4, -0.2) is 104 Å². The molecule has 0 aromatic rings. The molecule has 0 bridgehead atoms. The van der Waals surface area contributed by atoms with Crippen molar-refractivity contribution in [2.24, 2.45) is 0 Å². The van der Waals surface area contributed by atoms with Gasteiger partial charge >= 0.3 is 5.97 Å². The number of hydrogen-bond acceptors (Lipinski definition) is 9. The van der Waals surface area contributed by atoms with Crippen LogP contribution < -0.4 is 0 Å². The van der Waals surface area contributed by atoms with Gasteiger partial charge in [0.1, 0.15) is 12.2 Å². The summed E-state index contributed by atoms with van der Waals surface area (Å²) in [6, 6.07) is 0. The van der Waals surface area contributed by atoms with Gasteiger partial charge in [0.25, 0.3) is 0 Å². The van der Waals surface area contributed by atoms with E-state index in [1.165, 1.54) is 96.3 Å². The van der Waals surface area contributed by atoms with Crippen LogP contribution in [0.5, 0.6) is 0 Å². The van der Waals surface area contributed by atoms with Gasteiger partial charge in [0.05, 0.1) is 79.3 Å². The molecule has 0 radical (unpaired) electrons. The van der Waals surface area contributed by atoms with Crippen molar-refractivity contribution in [3.05, 3.63) is 0 Å². The van der Waals surface area contributed by atoms with E-state index in [-0.39, 0.29) is 12.6 Å². The Labute approximate surface area is 277 Å². The smallest absolute Gasteiger partial charge is 0.332 e. The summed E-state index contributed by atoms with van der Waals surface area (Å²) in [4.78, 5) is 11.5. The third-order valence-corrected chi connectivity index (χ3v) is 7.01. The predicted molar refractivity (Wildman–Crippen MR) is 181 cm³/mol. The van der Waals surface area contributed by atoms with E-state index in [0.717, 1.165) is 13.0 Å². The first-order valence-electron chi connectivity index (χ1n) is 18.2. The summed E-state index contributed by atoms with van der Waals surface area (Å²) < 4.78 is 43.5. The Morgan fingerprint density at radius 1 is 0.378 bits per heavy atom. The molecular formula is C36H72O9. The average molecular weight is 649 g/mol. The van der Waals surface area contributed by atoms with E-state index < -0.39 is 5.60 Å². The van der Waals surface area contributed by atoms with E-state index in [9.17, 15) is 4.79 Å². The van der Waals surface area contributed by atoms with Crippen molar-refractivity contribution in [3.8, 4) is 0 Å². The molecule has 0 fully saturated rings. The molecule has 0 atom stereocenters. The van der Waals surface area contributed by atoms with Crippen LogP contribution in [0.15, 0.2) is 0 Å². The minimum atomic E-state index is -0.500. The van der Waals surface area contributed by atoms with Crippen LogP contribution in [0.3, 0.4) is 0 Å². The van der Waals surface area contributed by atoms with E-state index in [1.807, 2.05) is 20.8 Å². The van der Waals surface area contributed by atoms with Gasteiger partial charge in [-0.2, -0.15) is 0 Å². The van der Waals surface area contributed by atoms with Crippen LogP contribution in [0, 0.1) is 0 Å². The fourth-order valence-electron chi connectivity index (χ4n) is 4.60. The topological polar surface area (TPSA) is 90.9 Å². The Kier molecular flexibility index (Phi) is 35.4. The maximum Gasteiger partial charge on any atom is 0.332 e. The first kappa shape index (κ1) is 44.2. The van der Waals surface area contributed by atoms with Crippen LogP contribution >= 0.6 is 0 Å². The number of carbonyl (C=O) groups excluding carboxylic acids is 1. The molecule has 0 spiro atoms. The summed E-state index contributed by atoms with van der Waals surface area (Å²) in [5.41, 5.74) is -0.500. The first-order chi connectivity index (χ1) is 22.0. The van der Waals surface area contributed by atoms with Crippen LogP contribution in [-0.2, 0) is 42.7 Å². The number of esters is 1. The first-order valence-corrected chi connectivity index (χ1v) is 18.2. The minimum absolute atomic E-state index is 0.0696. The van der Waals surface area contributed by atoms with Crippen molar-refractivity contribution in [1.82, 2.24) is 0 Å². The van der Waals surface area contributed by atoms with E-state index in [1.54, 1.807) is 0 Å². The molecule has 0 N–H and O–H groups in total. The van der Waals surface area contributed by atoms with Crippen molar-refractivity contribution in [1.29, 1.82) is 0 Å². The molecule has 0 heterocycles. The maximum atomic E-state index is 11.5. The van der Waals surface area contributed by atoms with Gasteiger partial charge in [-0.05, 0) is 27.2 Å². The van der Waals surface area contributed by atoms with Gasteiger partial charge in [0.2, 0.25) is 0 Å². The van der Waals surface area contributed by atoms with Crippen LogP contribution in [0.25, 0.3) is 0 Å². The van der Waals surface area contributed by atoms with E-state index >= 15 is 0 Å². The van der Waals surface area contributed by atoms with E-state index in [0.29, 0.717) is 79.3 Å². The van der Waals surface area contributed by atoms with Gasteiger partial charge < -0.3 is 37.9 Å². The molecule has 0 amide bonds. The Morgan fingerprint density at radius 2 is 0.644 bits per heavy atom. The molecule has 0 aromatic heterocycles. The van der Waals surface area contributed by atoms with Crippen molar-refractivity contribution >= 4 is 5.97 Å². The molecule has 0 unspecified atom stereocenters. The number of hydrogen-bond donors (Lipinski definition) is 0. The van der Waals surface area contributed by atoms with Crippen molar-refractivity contribution in [2.45, 2.75) is 136 Å². The molecule has 0 saturated heterocycles. The molecule has 0 aromatic carbocycles. The Balaban J connectivity index is 3.09. The zero-order valence-corrected chi connectivity index (χ0v) is 29.9. The summed E-state index contributed by atoms with van der Waals surface area (Å²) in [5, 5.41) is 0. The lowest BCUT2D eigenvalue weighted by Gasteiger charge is -2.19. The highest BCUT2D eigenvalue weighted by atomic mass is 16.6. The van der Waals surface area contributed by atoms with Gasteiger partial charge in [0, 0.05) is 6.61 Å². The number of unbranched alkanes of at least 4 members (excludes halogenated alkanes) is 15. The summed E-state index contributed by atoms with van der Waals surface area (Å²) in [6.45, 7) is 14.6. The van der Waals surface area contributed by atoms with Crippen molar-refractivity contribution in [2.75, 3.05) is 92.5 Å². The molecule has 0 saturated carbocycles. The Bertz CT molecular complexity index is 583. The fourth-order valence-corrected chi connectivity index (χ4v) is 4.60. The molecule has 9 heteroatoms. The fraction of sp³-hybridized carbons (Fsp3) is 0.972. The summed E-state index contributed by atoms with van der Waals surface area (Å²) in [6.07, 6.45) is 22.2. The van der Waals surface area contributed by atoms with Crippen LogP contribution in [0.4, 0.5) is 0 Å². The predicted octanol–water partition coefficient (Wildman–Crippen LogP) is 7.71.